The zero-order valence-corrected chi connectivity index (χ0v) is 12.3. The third kappa shape index (κ3) is 3.07. The molecule has 0 saturated heterocycles. The maximum Gasteiger partial charge on any atom is 0.264 e. The molecule has 2 rings (SSSR count). The Balaban J connectivity index is 2.43. The molecule has 20 heavy (non-hydrogen) atoms. The van der Waals surface area contributed by atoms with Gasteiger partial charge in [-0.15, -0.1) is 0 Å². The molecule has 106 valence electrons. The first-order chi connectivity index (χ1) is 9.29. The van der Waals surface area contributed by atoms with Crippen LogP contribution in [0, 0.1) is 11.6 Å². The summed E-state index contributed by atoms with van der Waals surface area (Å²) in [7, 11) is -4.10. The second-order valence-electron chi connectivity index (χ2n) is 3.91. The Kier molecular flexibility index (Phi) is 3.96. The van der Waals surface area contributed by atoms with Crippen LogP contribution in [0.4, 0.5) is 20.2 Å². The van der Waals surface area contributed by atoms with Gasteiger partial charge in [-0.05, 0) is 30.3 Å². The minimum atomic E-state index is -4.10. The number of anilines is 2. The zero-order valence-electron chi connectivity index (χ0n) is 9.90. The average molecular weight is 363 g/mol. The van der Waals surface area contributed by atoms with Crippen molar-refractivity contribution in [1.82, 2.24) is 0 Å². The van der Waals surface area contributed by atoms with E-state index in [1.807, 2.05) is 4.72 Å². The van der Waals surface area contributed by atoms with Crippen LogP contribution in [0.5, 0.6) is 0 Å². The molecule has 3 N–H and O–H groups in total. The highest BCUT2D eigenvalue weighted by atomic mass is 79.9. The Hall–Kier alpha value is -1.67. The molecule has 0 unspecified atom stereocenters. The van der Waals surface area contributed by atoms with Gasteiger partial charge in [0.2, 0.25) is 0 Å². The molecule has 0 saturated carbocycles. The van der Waals surface area contributed by atoms with Crippen LogP contribution in [0.2, 0.25) is 0 Å². The van der Waals surface area contributed by atoms with E-state index in [0.29, 0.717) is 4.47 Å². The second-order valence-corrected chi connectivity index (χ2v) is 6.48. The minimum Gasteiger partial charge on any atom is -0.398 e. The van der Waals surface area contributed by atoms with E-state index in [4.69, 9.17) is 5.73 Å². The molecule has 0 atom stereocenters. The van der Waals surface area contributed by atoms with Crippen LogP contribution in [0.25, 0.3) is 0 Å². The maximum atomic E-state index is 13.4. The van der Waals surface area contributed by atoms with Crippen LogP contribution in [-0.2, 0) is 10.0 Å². The van der Waals surface area contributed by atoms with E-state index in [9.17, 15) is 17.2 Å². The number of halogens is 3. The number of sulfonamides is 1. The fraction of sp³-hybridized carbons (Fsp3) is 0. The Morgan fingerprint density at radius 2 is 1.80 bits per heavy atom. The molecule has 0 amide bonds. The van der Waals surface area contributed by atoms with E-state index in [0.717, 1.165) is 18.2 Å². The van der Waals surface area contributed by atoms with Gasteiger partial charge in [0.05, 0.1) is 11.4 Å². The lowest BCUT2D eigenvalue weighted by Gasteiger charge is -2.11. The van der Waals surface area contributed by atoms with Gasteiger partial charge in [0.15, 0.2) is 0 Å². The molecule has 0 aliphatic rings. The van der Waals surface area contributed by atoms with Gasteiger partial charge in [0.1, 0.15) is 16.5 Å². The van der Waals surface area contributed by atoms with Crippen molar-refractivity contribution in [3.8, 4) is 0 Å². The lowest BCUT2D eigenvalue weighted by Crippen LogP contribution is -2.15. The number of hydrogen-bond acceptors (Lipinski definition) is 3. The monoisotopic (exact) mass is 362 g/mol. The molecular formula is C12H9BrF2N2O2S. The van der Waals surface area contributed by atoms with Gasteiger partial charge in [0, 0.05) is 10.5 Å². The van der Waals surface area contributed by atoms with Gasteiger partial charge < -0.3 is 5.73 Å². The van der Waals surface area contributed by atoms with E-state index in [-0.39, 0.29) is 10.6 Å². The summed E-state index contributed by atoms with van der Waals surface area (Å²) in [4.78, 5) is -0.218. The van der Waals surface area contributed by atoms with Crippen molar-refractivity contribution in [1.29, 1.82) is 0 Å². The Bertz CT molecular complexity index is 766. The first kappa shape index (κ1) is 14.7. The van der Waals surface area contributed by atoms with Crippen molar-refractivity contribution in [3.05, 3.63) is 52.5 Å². The highest BCUT2D eigenvalue weighted by Crippen LogP contribution is 2.26. The molecule has 0 fully saturated rings. The summed E-state index contributed by atoms with van der Waals surface area (Å²) in [5.41, 5.74) is 5.12. The third-order valence-corrected chi connectivity index (χ3v) is 4.37. The van der Waals surface area contributed by atoms with Crippen molar-refractivity contribution in [2.75, 3.05) is 10.5 Å². The Morgan fingerprint density at radius 1 is 1.10 bits per heavy atom. The molecule has 4 nitrogen and oxygen atoms in total. The third-order valence-electron chi connectivity index (χ3n) is 2.43. The number of benzene rings is 2. The average Bonchev–Trinajstić information content (AvgIpc) is 2.33. The molecule has 0 heterocycles. The molecule has 0 aliphatic heterocycles. The topological polar surface area (TPSA) is 72.2 Å². The normalized spacial score (nSPS) is 11.3. The summed E-state index contributed by atoms with van der Waals surface area (Å²) in [5.74, 6) is -1.64. The lowest BCUT2D eigenvalue weighted by molar-refractivity contribution is 0.594. The molecule has 0 bridgehead atoms. The van der Waals surface area contributed by atoms with Crippen molar-refractivity contribution < 1.29 is 17.2 Å². The van der Waals surface area contributed by atoms with Gasteiger partial charge in [-0.1, -0.05) is 15.9 Å². The van der Waals surface area contributed by atoms with Crippen molar-refractivity contribution in [3.63, 3.8) is 0 Å². The van der Waals surface area contributed by atoms with E-state index < -0.39 is 27.3 Å². The van der Waals surface area contributed by atoms with Crippen LogP contribution >= 0.6 is 15.9 Å². The standard InChI is InChI=1S/C12H9BrF2N2O2S/c13-7-1-4-12(10(16)5-7)20(18,19)17-11-6-8(14)2-3-9(11)15/h1-6,17H,16H2. The lowest BCUT2D eigenvalue weighted by atomic mass is 10.3. The second kappa shape index (κ2) is 5.37. The highest BCUT2D eigenvalue weighted by molar-refractivity contribution is 9.10. The fourth-order valence-electron chi connectivity index (χ4n) is 1.54. The molecule has 8 heteroatoms. The molecule has 0 aromatic heterocycles. The van der Waals surface area contributed by atoms with Gasteiger partial charge in [0.25, 0.3) is 10.0 Å². The number of rotatable bonds is 3. The van der Waals surface area contributed by atoms with Crippen LogP contribution < -0.4 is 10.5 Å². The first-order valence-electron chi connectivity index (χ1n) is 5.32. The van der Waals surface area contributed by atoms with E-state index in [1.165, 1.54) is 18.2 Å². The van der Waals surface area contributed by atoms with Gasteiger partial charge in [-0.25, -0.2) is 17.2 Å². The number of nitrogens with one attached hydrogen (secondary N) is 1. The van der Waals surface area contributed by atoms with Gasteiger partial charge in [-0.2, -0.15) is 0 Å². The Labute approximate surface area is 122 Å². The van der Waals surface area contributed by atoms with E-state index in [1.54, 1.807) is 0 Å². The molecule has 0 radical (unpaired) electrons. The molecule has 0 spiro atoms. The predicted molar refractivity (Wildman–Crippen MR) is 75.7 cm³/mol. The minimum absolute atomic E-state index is 0.0105. The highest BCUT2D eigenvalue weighted by Gasteiger charge is 2.19. The summed E-state index contributed by atoms with van der Waals surface area (Å²) in [6, 6.07) is 6.61. The van der Waals surface area contributed by atoms with Gasteiger partial charge >= 0.3 is 0 Å². The summed E-state index contributed by atoms with van der Waals surface area (Å²) in [6.45, 7) is 0. The van der Waals surface area contributed by atoms with Crippen LogP contribution in [-0.4, -0.2) is 8.42 Å². The molecule has 2 aromatic rings. The van der Waals surface area contributed by atoms with E-state index in [2.05, 4.69) is 15.9 Å². The summed E-state index contributed by atoms with van der Waals surface area (Å²) in [6.07, 6.45) is 0. The zero-order chi connectivity index (χ0) is 14.9. The Morgan fingerprint density at radius 3 is 2.45 bits per heavy atom. The summed E-state index contributed by atoms with van der Waals surface area (Å²) < 4.78 is 53.2. The van der Waals surface area contributed by atoms with Crippen LogP contribution in [0.3, 0.4) is 0 Å². The molecular weight excluding hydrogens is 354 g/mol. The largest absolute Gasteiger partial charge is 0.398 e. The molecule has 2 aromatic carbocycles. The smallest absolute Gasteiger partial charge is 0.264 e. The van der Waals surface area contributed by atoms with E-state index >= 15 is 0 Å². The summed E-state index contributed by atoms with van der Waals surface area (Å²) >= 11 is 3.15. The summed E-state index contributed by atoms with van der Waals surface area (Å²) in [5, 5.41) is 0. The van der Waals surface area contributed by atoms with Crippen LogP contribution in [0.15, 0.2) is 45.8 Å². The number of nitrogen functional groups attached to an aromatic ring is 1. The van der Waals surface area contributed by atoms with Crippen molar-refractivity contribution >= 4 is 37.3 Å². The van der Waals surface area contributed by atoms with Crippen molar-refractivity contribution in [2.24, 2.45) is 0 Å². The van der Waals surface area contributed by atoms with Gasteiger partial charge in [-0.3, -0.25) is 4.72 Å². The quantitative estimate of drug-likeness (QED) is 0.824. The SMILES string of the molecule is Nc1cc(Br)ccc1S(=O)(=O)Nc1cc(F)ccc1F. The first-order valence-corrected chi connectivity index (χ1v) is 7.60. The molecule has 0 aliphatic carbocycles. The van der Waals surface area contributed by atoms with Crippen molar-refractivity contribution in [2.45, 2.75) is 4.90 Å². The fourth-order valence-corrected chi connectivity index (χ4v) is 3.09. The number of hydrogen-bond donors (Lipinski definition) is 2. The number of nitrogens with two attached hydrogens (primary N) is 1. The van der Waals surface area contributed by atoms with Crippen LogP contribution in [0.1, 0.15) is 0 Å². The maximum absolute atomic E-state index is 13.4. The predicted octanol–water partition coefficient (Wildman–Crippen LogP) is 3.11.